The molecule has 176 valence electrons. The summed E-state index contributed by atoms with van der Waals surface area (Å²) in [7, 11) is 0. The Labute approximate surface area is 197 Å². The van der Waals surface area contributed by atoms with E-state index in [-0.39, 0.29) is 31.1 Å². The number of benzene rings is 1. The quantitative estimate of drug-likeness (QED) is 0.161. The van der Waals surface area contributed by atoms with Gasteiger partial charge in [-0.2, -0.15) is 0 Å². The third-order valence-electron chi connectivity index (χ3n) is 5.21. The number of carboxylic acid groups (broad SMARTS) is 1. The maximum Gasteiger partial charge on any atom is 0.326 e. The molecule has 1 aromatic carbocycles. The monoisotopic (exact) mass is 485 g/mol. The maximum absolute atomic E-state index is 12.9. The number of halogens is 2. The van der Waals surface area contributed by atoms with Crippen LogP contribution in [-0.4, -0.2) is 58.8 Å². The van der Waals surface area contributed by atoms with Gasteiger partial charge in [-0.3, -0.25) is 19.5 Å². The summed E-state index contributed by atoms with van der Waals surface area (Å²) in [5, 5.41) is 12.8. The number of carbonyl (C=O) groups is 3. The smallest absolute Gasteiger partial charge is 0.326 e. The number of nitrogens with zero attached hydrogens (tertiary/aromatic N) is 2. The van der Waals surface area contributed by atoms with Crippen molar-refractivity contribution in [1.82, 2.24) is 10.2 Å². The molecule has 0 radical (unpaired) electrons. The molecule has 2 rings (SSSR count). The van der Waals surface area contributed by atoms with Gasteiger partial charge in [-0.25, -0.2) is 4.79 Å². The Hall–Kier alpha value is -2.36. The third-order valence-corrected chi connectivity index (χ3v) is 5.64. The zero-order valence-corrected chi connectivity index (χ0v) is 19.2. The molecule has 6 N–H and O–H groups in total. The topological polar surface area (TPSA) is 151 Å². The largest absolute Gasteiger partial charge is 0.480 e. The Bertz CT molecular complexity index is 840. The molecule has 1 unspecified atom stereocenters. The molecular formula is C21H29Cl2N5O4. The van der Waals surface area contributed by atoms with Crippen molar-refractivity contribution in [3.8, 4) is 0 Å². The molecule has 0 spiro atoms. The number of hydrogen-bond donors (Lipinski definition) is 4. The summed E-state index contributed by atoms with van der Waals surface area (Å²) in [6.45, 7) is 1.46. The van der Waals surface area contributed by atoms with Crippen LogP contribution >= 0.6 is 23.2 Å². The Balaban J connectivity index is 1.94. The molecular weight excluding hydrogens is 457 g/mol. The molecule has 9 nitrogen and oxygen atoms in total. The van der Waals surface area contributed by atoms with Gasteiger partial charge in [-0.1, -0.05) is 29.6 Å². The molecule has 1 aliphatic rings. The second kappa shape index (κ2) is 12.6. The van der Waals surface area contributed by atoms with Crippen molar-refractivity contribution < 1.29 is 19.5 Å². The lowest BCUT2D eigenvalue weighted by Gasteiger charge is -2.34. The van der Waals surface area contributed by atoms with Crippen molar-refractivity contribution in [2.75, 3.05) is 13.1 Å². The van der Waals surface area contributed by atoms with Gasteiger partial charge in [0, 0.05) is 23.1 Å². The number of aliphatic imine (C=N–C) groups is 1. The summed E-state index contributed by atoms with van der Waals surface area (Å²) in [5.74, 6) is -2.10. The van der Waals surface area contributed by atoms with Gasteiger partial charge >= 0.3 is 5.97 Å². The van der Waals surface area contributed by atoms with Crippen molar-refractivity contribution in [3.05, 3.63) is 33.8 Å². The lowest BCUT2D eigenvalue weighted by molar-refractivity contribution is -0.143. The van der Waals surface area contributed by atoms with Gasteiger partial charge in [-0.05, 0) is 56.0 Å². The fourth-order valence-corrected chi connectivity index (χ4v) is 4.34. The number of likely N-dealkylation sites (tertiary alicyclic amines) is 1. The number of ketones is 1. The predicted octanol–water partition coefficient (Wildman–Crippen LogP) is 1.93. The number of guanidine groups is 1. The first-order chi connectivity index (χ1) is 15.2. The number of amides is 1. The van der Waals surface area contributed by atoms with Gasteiger partial charge in [0.05, 0.1) is 12.5 Å². The average Bonchev–Trinajstić information content (AvgIpc) is 2.69. The first-order valence-electron chi connectivity index (χ1n) is 10.4. The summed E-state index contributed by atoms with van der Waals surface area (Å²) < 4.78 is 0. The highest BCUT2D eigenvalue weighted by atomic mass is 35.5. The van der Waals surface area contributed by atoms with Crippen LogP contribution in [-0.2, 0) is 20.9 Å². The number of nitrogens with one attached hydrogen (secondary N) is 1. The van der Waals surface area contributed by atoms with Gasteiger partial charge in [0.1, 0.15) is 6.04 Å². The highest BCUT2D eigenvalue weighted by Crippen LogP contribution is 2.25. The van der Waals surface area contributed by atoms with Crippen LogP contribution in [0.4, 0.5) is 0 Å². The van der Waals surface area contributed by atoms with E-state index in [1.54, 1.807) is 18.2 Å². The van der Waals surface area contributed by atoms with E-state index >= 15 is 0 Å². The van der Waals surface area contributed by atoms with E-state index in [1.807, 2.05) is 4.90 Å². The van der Waals surface area contributed by atoms with Crippen LogP contribution in [0.3, 0.4) is 0 Å². The predicted molar refractivity (Wildman–Crippen MR) is 124 cm³/mol. The van der Waals surface area contributed by atoms with Crippen LogP contribution in [0.2, 0.25) is 10.0 Å². The normalized spacial score (nSPS) is 17.4. The number of piperidine rings is 1. The maximum atomic E-state index is 12.9. The van der Waals surface area contributed by atoms with Crippen LogP contribution in [0, 0.1) is 0 Å². The molecule has 1 heterocycles. The first-order valence-corrected chi connectivity index (χ1v) is 11.2. The second-order valence-corrected chi connectivity index (χ2v) is 8.68. The van der Waals surface area contributed by atoms with E-state index in [4.69, 9.17) is 34.7 Å². The molecule has 1 fully saturated rings. The minimum Gasteiger partial charge on any atom is -0.480 e. The number of Topliss-reactive ketones (excluding diaryl/α,β-unsaturated/α-hetero) is 1. The van der Waals surface area contributed by atoms with E-state index < -0.39 is 24.0 Å². The van der Waals surface area contributed by atoms with E-state index in [9.17, 15) is 19.5 Å². The summed E-state index contributed by atoms with van der Waals surface area (Å²) in [5.41, 5.74) is 11.4. The van der Waals surface area contributed by atoms with Crippen LogP contribution in [0.1, 0.15) is 44.1 Å². The standard InChI is InChI=1S/C21H29Cl2N5O4/c22-14-8-13(9-15(23)10-14)12-28-7-2-1-5-17(28)18(29)11-19(30)27-16(20(31)32)4-3-6-26-21(24)25/h8-10,16-17H,1-7,11-12H2,(H,27,30)(H,31,32)(H4,24,25,26)/t16-,17?/m0/s1. The Kier molecular flexibility index (Phi) is 10.2. The van der Waals surface area contributed by atoms with Crippen LogP contribution in [0.25, 0.3) is 0 Å². The Morgan fingerprint density at radius 2 is 1.88 bits per heavy atom. The summed E-state index contributed by atoms with van der Waals surface area (Å²) in [4.78, 5) is 42.5. The number of aliphatic carboxylic acids is 1. The van der Waals surface area contributed by atoms with Gasteiger partial charge in [-0.15, -0.1) is 0 Å². The summed E-state index contributed by atoms with van der Waals surface area (Å²) in [6, 6.07) is 3.72. The van der Waals surface area contributed by atoms with Gasteiger partial charge in [0.2, 0.25) is 5.91 Å². The van der Waals surface area contributed by atoms with Crippen molar-refractivity contribution in [3.63, 3.8) is 0 Å². The average molecular weight is 486 g/mol. The van der Waals surface area contributed by atoms with E-state index in [0.717, 1.165) is 18.4 Å². The SMILES string of the molecule is NC(N)=NCCC[C@H](NC(=O)CC(=O)C1CCCCN1Cc1cc(Cl)cc(Cl)c1)C(=O)O. The molecule has 11 heteroatoms. The van der Waals surface area contributed by atoms with Gasteiger partial charge < -0.3 is 21.9 Å². The lowest BCUT2D eigenvalue weighted by Crippen LogP contribution is -2.47. The number of carboxylic acids is 1. The zero-order chi connectivity index (χ0) is 23.7. The number of hydrogen-bond acceptors (Lipinski definition) is 5. The highest BCUT2D eigenvalue weighted by molar-refractivity contribution is 6.34. The summed E-state index contributed by atoms with van der Waals surface area (Å²) >= 11 is 12.2. The third kappa shape index (κ3) is 8.64. The molecule has 0 saturated carbocycles. The lowest BCUT2D eigenvalue weighted by atomic mass is 9.95. The van der Waals surface area contributed by atoms with Gasteiger partial charge in [0.15, 0.2) is 11.7 Å². The first kappa shape index (κ1) is 25.9. The minimum absolute atomic E-state index is 0.0800. The van der Waals surface area contributed by atoms with E-state index in [2.05, 4.69) is 10.3 Å². The molecule has 0 bridgehead atoms. The van der Waals surface area contributed by atoms with Crippen molar-refractivity contribution in [2.24, 2.45) is 16.5 Å². The molecule has 1 aliphatic heterocycles. The zero-order valence-electron chi connectivity index (χ0n) is 17.7. The number of rotatable bonds is 11. The molecule has 0 aromatic heterocycles. The van der Waals surface area contributed by atoms with Crippen molar-refractivity contribution in [2.45, 2.75) is 57.2 Å². The van der Waals surface area contributed by atoms with E-state index in [1.165, 1.54) is 0 Å². The molecule has 1 saturated heterocycles. The van der Waals surface area contributed by atoms with Crippen molar-refractivity contribution >= 4 is 46.8 Å². The number of nitrogens with two attached hydrogens (primary N) is 2. The molecule has 32 heavy (non-hydrogen) atoms. The van der Waals surface area contributed by atoms with Crippen molar-refractivity contribution in [1.29, 1.82) is 0 Å². The van der Waals surface area contributed by atoms with Gasteiger partial charge in [0.25, 0.3) is 0 Å². The van der Waals surface area contributed by atoms with E-state index in [0.29, 0.717) is 36.0 Å². The highest BCUT2D eigenvalue weighted by Gasteiger charge is 2.30. The fraction of sp³-hybridized carbons (Fsp3) is 0.524. The summed E-state index contributed by atoms with van der Waals surface area (Å²) in [6.07, 6.45) is 2.61. The molecule has 2 atom stereocenters. The minimum atomic E-state index is -1.17. The molecule has 1 amide bonds. The second-order valence-electron chi connectivity index (χ2n) is 7.81. The Morgan fingerprint density at radius 1 is 1.19 bits per heavy atom. The van der Waals surface area contributed by atoms with Crippen LogP contribution in [0.15, 0.2) is 23.2 Å². The Morgan fingerprint density at radius 3 is 2.50 bits per heavy atom. The number of carbonyl (C=O) groups excluding carboxylic acids is 2. The molecule has 1 aromatic rings. The van der Waals surface area contributed by atoms with Crippen LogP contribution in [0.5, 0.6) is 0 Å². The molecule has 0 aliphatic carbocycles. The van der Waals surface area contributed by atoms with Crippen LogP contribution < -0.4 is 16.8 Å². The fourth-order valence-electron chi connectivity index (χ4n) is 3.76.